The van der Waals surface area contributed by atoms with E-state index >= 15 is 0 Å². The number of aromatic nitrogens is 1. The second-order valence-electron chi connectivity index (χ2n) is 4.47. The molecule has 0 unspecified atom stereocenters. The highest BCUT2D eigenvalue weighted by Crippen LogP contribution is 2.24. The average Bonchev–Trinajstić information content (AvgIpc) is 2.56. The Hall–Kier alpha value is -1.84. The van der Waals surface area contributed by atoms with E-state index in [9.17, 15) is 9.18 Å². The van der Waals surface area contributed by atoms with Gasteiger partial charge in [-0.2, -0.15) is 0 Å². The molecule has 4 heteroatoms. The number of carbonyl (C=O) groups is 1. The molecular formula is C13H15FN2O. The van der Waals surface area contributed by atoms with Crippen LogP contribution in [0.5, 0.6) is 0 Å². The standard InChI is InChI=1S/C13H15FN2O/c1-8-5-9-10(13(17)15(2)3)7-16(4)12(9)6-11(8)14/h5-7H,1-4H3. The molecule has 1 amide bonds. The van der Waals surface area contributed by atoms with Gasteiger partial charge in [-0.15, -0.1) is 0 Å². The van der Waals surface area contributed by atoms with Crippen molar-refractivity contribution >= 4 is 16.8 Å². The lowest BCUT2D eigenvalue weighted by Crippen LogP contribution is -2.21. The summed E-state index contributed by atoms with van der Waals surface area (Å²) in [4.78, 5) is 13.5. The number of benzene rings is 1. The van der Waals surface area contributed by atoms with Crippen molar-refractivity contribution in [3.63, 3.8) is 0 Å². The van der Waals surface area contributed by atoms with Crippen LogP contribution in [-0.2, 0) is 7.05 Å². The Morgan fingerprint density at radius 2 is 2.00 bits per heavy atom. The maximum atomic E-state index is 13.5. The highest BCUT2D eigenvalue weighted by atomic mass is 19.1. The summed E-state index contributed by atoms with van der Waals surface area (Å²) in [5, 5.41) is 0.796. The van der Waals surface area contributed by atoms with Crippen LogP contribution in [0.25, 0.3) is 10.9 Å². The van der Waals surface area contributed by atoms with E-state index in [4.69, 9.17) is 0 Å². The van der Waals surface area contributed by atoms with Gasteiger partial charge in [0.05, 0.1) is 11.1 Å². The Labute approximate surface area is 99.4 Å². The molecule has 0 aliphatic heterocycles. The predicted molar refractivity (Wildman–Crippen MR) is 65.6 cm³/mol. The number of fused-ring (bicyclic) bond motifs is 1. The number of halogens is 1. The van der Waals surface area contributed by atoms with E-state index in [1.165, 1.54) is 11.0 Å². The smallest absolute Gasteiger partial charge is 0.255 e. The SMILES string of the molecule is Cc1cc2c(C(=O)N(C)C)cn(C)c2cc1F. The van der Waals surface area contributed by atoms with Gasteiger partial charge in [-0.25, -0.2) is 4.39 Å². The van der Waals surface area contributed by atoms with Crippen LogP contribution in [0.3, 0.4) is 0 Å². The van der Waals surface area contributed by atoms with Crippen molar-refractivity contribution < 1.29 is 9.18 Å². The fourth-order valence-corrected chi connectivity index (χ4v) is 1.92. The third kappa shape index (κ3) is 1.79. The number of amides is 1. The Morgan fingerprint density at radius 3 is 2.59 bits per heavy atom. The second-order valence-corrected chi connectivity index (χ2v) is 4.47. The Bertz CT molecular complexity index is 599. The summed E-state index contributed by atoms with van der Waals surface area (Å²) in [5.74, 6) is -0.316. The van der Waals surface area contributed by atoms with Crippen LogP contribution < -0.4 is 0 Å². The van der Waals surface area contributed by atoms with Gasteiger partial charge in [0.15, 0.2) is 0 Å². The first-order chi connectivity index (χ1) is 7.91. The summed E-state index contributed by atoms with van der Waals surface area (Å²) in [6.07, 6.45) is 1.74. The lowest BCUT2D eigenvalue weighted by molar-refractivity contribution is 0.0829. The molecule has 0 aliphatic rings. The number of hydrogen-bond acceptors (Lipinski definition) is 1. The van der Waals surface area contributed by atoms with Crippen LogP contribution >= 0.6 is 0 Å². The normalized spacial score (nSPS) is 10.9. The van der Waals surface area contributed by atoms with Crippen molar-refractivity contribution in [1.29, 1.82) is 0 Å². The molecule has 90 valence electrons. The molecule has 0 spiro atoms. The Balaban J connectivity index is 2.74. The van der Waals surface area contributed by atoms with Gasteiger partial charge in [0.25, 0.3) is 5.91 Å². The molecule has 0 N–H and O–H groups in total. The molecule has 3 nitrogen and oxygen atoms in total. The zero-order valence-electron chi connectivity index (χ0n) is 10.4. The Morgan fingerprint density at radius 1 is 1.35 bits per heavy atom. The molecule has 1 heterocycles. The third-order valence-corrected chi connectivity index (χ3v) is 2.91. The average molecular weight is 234 g/mol. The lowest BCUT2D eigenvalue weighted by Gasteiger charge is -2.08. The summed E-state index contributed by atoms with van der Waals surface area (Å²) in [7, 11) is 5.22. The van der Waals surface area contributed by atoms with Gasteiger partial charge in [-0.1, -0.05) is 0 Å². The molecule has 2 rings (SSSR count). The molecule has 0 aliphatic carbocycles. The van der Waals surface area contributed by atoms with E-state index in [2.05, 4.69) is 0 Å². The van der Waals surface area contributed by atoms with E-state index in [0.717, 1.165) is 10.9 Å². The molecule has 0 bridgehead atoms. The summed E-state index contributed by atoms with van der Waals surface area (Å²) < 4.78 is 15.3. The van der Waals surface area contributed by atoms with E-state index < -0.39 is 0 Å². The van der Waals surface area contributed by atoms with Crippen molar-refractivity contribution in [2.45, 2.75) is 6.92 Å². The molecule has 1 aromatic carbocycles. The van der Waals surface area contributed by atoms with Crippen LogP contribution in [0.15, 0.2) is 18.3 Å². The van der Waals surface area contributed by atoms with Crippen molar-refractivity contribution in [2.24, 2.45) is 7.05 Å². The van der Waals surface area contributed by atoms with Crippen molar-refractivity contribution in [1.82, 2.24) is 9.47 Å². The molecule has 17 heavy (non-hydrogen) atoms. The lowest BCUT2D eigenvalue weighted by atomic mass is 10.1. The third-order valence-electron chi connectivity index (χ3n) is 2.91. The predicted octanol–water partition coefficient (Wildman–Crippen LogP) is 2.33. The maximum Gasteiger partial charge on any atom is 0.255 e. The van der Waals surface area contributed by atoms with Gasteiger partial charge in [0, 0.05) is 32.7 Å². The van der Waals surface area contributed by atoms with Gasteiger partial charge < -0.3 is 9.47 Å². The number of nitrogens with zero attached hydrogens (tertiary/aromatic N) is 2. The number of hydrogen-bond donors (Lipinski definition) is 0. The van der Waals surface area contributed by atoms with E-state index in [1.54, 1.807) is 37.8 Å². The summed E-state index contributed by atoms with van der Waals surface area (Å²) in [6.45, 7) is 1.70. The van der Waals surface area contributed by atoms with Gasteiger partial charge in [-0.3, -0.25) is 4.79 Å². The van der Waals surface area contributed by atoms with E-state index in [1.807, 2.05) is 7.05 Å². The molecule has 1 aromatic heterocycles. The quantitative estimate of drug-likeness (QED) is 0.743. The van der Waals surface area contributed by atoms with Gasteiger partial charge in [0.2, 0.25) is 0 Å². The number of rotatable bonds is 1. The van der Waals surface area contributed by atoms with Crippen LogP contribution in [0, 0.1) is 12.7 Å². The summed E-state index contributed by atoms with van der Waals surface area (Å²) in [5.41, 5.74) is 1.89. The highest BCUT2D eigenvalue weighted by Gasteiger charge is 2.16. The molecule has 2 aromatic rings. The zero-order valence-corrected chi connectivity index (χ0v) is 10.4. The molecule has 0 atom stereocenters. The fraction of sp³-hybridized carbons (Fsp3) is 0.308. The minimum Gasteiger partial charge on any atom is -0.350 e. The van der Waals surface area contributed by atoms with Crippen molar-refractivity contribution in [2.75, 3.05) is 14.1 Å². The number of carbonyl (C=O) groups excluding carboxylic acids is 1. The van der Waals surface area contributed by atoms with Crippen molar-refractivity contribution in [3.05, 3.63) is 35.3 Å². The number of aryl methyl sites for hydroxylation is 2. The monoisotopic (exact) mass is 234 g/mol. The molecule has 0 saturated heterocycles. The first-order valence-electron chi connectivity index (χ1n) is 5.38. The highest BCUT2D eigenvalue weighted by molar-refractivity contribution is 6.07. The summed E-state index contributed by atoms with van der Waals surface area (Å²) >= 11 is 0. The molecule has 0 radical (unpaired) electrons. The van der Waals surface area contributed by atoms with E-state index in [0.29, 0.717) is 11.1 Å². The first kappa shape index (κ1) is 11.6. The minimum absolute atomic E-state index is 0.0680. The molecule has 0 fully saturated rings. The largest absolute Gasteiger partial charge is 0.350 e. The molecule has 0 saturated carbocycles. The fourth-order valence-electron chi connectivity index (χ4n) is 1.92. The minimum atomic E-state index is -0.248. The van der Waals surface area contributed by atoms with Crippen LogP contribution in [0.1, 0.15) is 15.9 Å². The van der Waals surface area contributed by atoms with Crippen LogP contribution in [-0.4, -0.2) is 29.5 Å². The summed E-state index contributed by atoms with van der Waals surface area (Å²) in [6, 6.07) is 3.19. The van der Waals surface area contributed by atoms with Gasteiger partial charge in [0.1, 0.15) is 5.82 Å². The maximum absolute atomic E-state index is 13.5. The Kier molecular flexibility index (Phi) is 2.65. The van der Waals surface area contributed by atoms with Gasteiger partial charge >= 0.3 is 0 Å². The van der Waals surface area contributed by atoms with Crippen LogP contribution in [0.2, 0.25) is 0 Å². The van der Waals surface area contributed by atoms with E-state index in [-0.39, 0.29) is 11.7 Å². The molecular weight excluding hydrogens is 219 g/mol. The topological polar surface area (TPSA) is 25.2 Å². The van der Waals surface area contributed by atoms with Gasteiger partial charge in [-0.05, 0) is 24.6 Å². The zero-order chi connectivity index (χ0) is 12.7. The second kappa shape index (κ2) is 3.87. The van der Waals surface area contributed by atoms with Crippen molar-refractivity contribution in [3.8, 4) is 0 Å². The van der Waals surface area contributed by atoms with Crippen LogP contribution in [0.4, 0.5) is 4.39 Å². The first-order valence-corrected chi connectivity index (χ1v) is 5.38.